The maximum Gasteiger partial charge on any atom is 0.371 e. The zero-order chi connectivity index (χ0) is 15.0. The number of rotatable bonds is 7. The van der Waals surface area contributed by atoms with E-state index >= 15 is 0 Å². The van der Waals surface area contributed by atoms with Crippen LogP contribution in [-0.2, 0) is 16.1 Å². The van der Waals surface area contributed by atoms with E-state index in [1.807, 2.05) is 37.3 Å². The molecule has 20 heavy (non-hydrogen) atoms. The van der Waals surface area contributed by atoms with Crippen LogP contribution in [0.15, 0.2) is 42.2 Å². The molecule has 2 N–H and O–H groups in total. The fraction of sp³-hybridized carbons (Fsp3) is 0.333. The molecule has 0 bridgehead atoms. The minimum Gasteiger partial charge on any atom is -0.502 e. The number of aliphatic hydroxyl groups is 1. The number of hydrogen-bond donors (Lipinski definition) is 2. The number of carboxylic acids is 1. The molecule has 5 heteroatoms. The lowest BCUT2D eigenvalue weighted by Crippen LogP contribution is -2.30. The fourth-order valence-corrected chi connectivity index (χ4v) is 1.69. The van der Waals surface area contributed by atoms with Crippen LogP contribution in [0.4, 0.5) is 0 Å². The van der Waals surface area contributed by atoms with Crippen molar-refractivity contribution in [1.29, 1.82) is 0 Å². The summed E-state index contributed by atoms with van der Waals surface area (Å²) in [5.74, 6) is -2.94. The number of unbranched alkanes of at least 4 members (excludes halogenated alkanes) is 1. The van der Waals surface area contributed by atoms with Crippen LogP contribution >= 0.6 is 0 Å². The summed E-state index contributed by atoms with van der Waals surface area (Å²) in [6.45, 7) is 2.92. The van der Waals surface area contributed by atoms with Crippen molar-refractivity contribution in [3.63, 3.8) is 0 Å². The summed E-state index contributed by atoms with van der Waals surface area (Å²) in [5.41, 5.74) is 0.958. The highest BCUT2D eigenvalue weighted by molar-refractivity contribution is 5.96. The molecule has 108 valence electrons. The number of carboxylic acid groups (broad SMARTS) is 1. The first kappa shape index (κ1) is 15.8. The number of nitrogens with zero attached hydrogens (tertiary/aromatic N) is 1. The van der Waals surface area contributed by atoms with Gasteiger partial charge in [-0.15, -0.1) is 0 Å². The van der Waals surface area contributed by atoms with E-state index in [4.69, 9.17) is 10.2 Å². The maximum atomic E-state index is 12.0. The highest BCUT2D eigenvalue weighted by Crippen LogP contribution is 2.07. The van der Waals surface area contributed by atoms with Gasteiger partial charge < -0.3 is 15.1 Å². The van der Waals surface area contributed by atoms with Gasteiger partial charge in [-0.2, -0.15) is 0 Å². The normalized spacial score (nSPS) is 11.2. The van der Waals surface area contributed by atoms with Gasteiger partial charge in [-0.25, -0.2) is 4.79 Å². The third kappa shape index (κ3) is 5.14. The lowest BCUT2D eigenvalue weighted by Gasteiger charge is -2.21. The summed E-state index contributed by atoms with van der Waals surface area (Å²) >= 11 is 0. The van der Waals surface area contributed by atoms with Crippen molar-refractivity contribution in [2.45, 2.75) is 26.3 Å². The molecule has 0 aliphatic heterocycles. The van der Waals surface area contributed by atoms with E-state index in [1.165, 1.54) is 4.90 Å². The van der Waals surface area contributed by atoms with Gasteiger partial charge in [0.15, 0.2) is 0 Å². The molecule has 0 radical (unpaired) electrons. The van der Waals surface area contributed by atoms with Crippen molar-refractivity contribution in [1.82, 2.24) is 4.90 Å². The minimum atomic E-state index is -1.51. The Kier molecular flexibility index (Phi) is 6.29. The Labute approximate surface area is 118 Å². The van der Waals surface area contributed by atoms with Gasteiger partial charge in [0.25, 0.3) is 5.91 Å². The Bertz CT molecular complexity index is 482. The van der Waals surface area contributed by atoms with Crippen LogP contribution in [-0.4, -0.2) is 33.5 Å². The molecule has 0 atom stereocenters. The van der Waals surface area contributed by atoms with E-state index in [0.29, 0.717) is 13.1 Å². The summed E-state index contributed by atoms with van der Waals surface area (Å²) in [6, 6.07) is 9.43. The van der Waals surface area contributed by atoms with Gasteiger partial charge in [0, 0.05) is 13.1 Å². The van der Waals surface area contributed by atoms with Crippen LogP contribution < -0.4 is 0 Å². The predicted molar refractivity (Wildman–Crippen MR) is 75.1 cm³/mol. The van der Waals surface area contributed by atoms with E-state index in [-0.39, 0.29) is 0 Å². The molecule has 0 aliphatic carbocycles. The summed E-state index contributed by atoms with van der Waals surface area (Å²) in [5, 5.41) is 17.7. The molecule has 1 rings (SSSR count). The zero-order valence-electron chi connectivity index (χ0n) is 11.5. The van der Waals surface area contributed by atoms with Gasteiger partial charge in [0.2, 0.25) is 5.76 Å². The maximum absolute atomic E-state index is 12.0. The van der Waals surface area contributed by atoms with Gasteiger partial charge in [0.1, 0.15) is 0 Å². The first-order chi connectivity index (χ1) is 9.54. The van der Waals surface area contributed by atoms with E-state index < -0.39 is 17.6 Å². The van der Waals surface area contributed by atoms with Gasteiger partial charge in [0.05, 0.1) is 6.08 Å². The van der Waals surface area contributed by atoms with Crippen LogP contribution in [0, 0.1) is 0 Å². The first-order valence-corrected chi connectivity index (χ1v) is 6.51. The second-order valence-electron chi connectivity index (χ2n) is 4.43. The molecular weight excluding hydrogens is 258 g/mol. The Hall–Kier alpha value is -2.30. The average molecular weight is 277 g/mol. The van der Waals surface area contributed by atoms with Crippen molar-refractivity contribution in [2.75, 3.05) is 6.54 Å². The van der Waals surface area contributed by atoms with Gasteiger partial charge >= 0.3 is 5.97 Å². The third-order valence-electron chi connectivity index (χ3n) is 2.79. The summed E-state index contributed by atoms with van der Waals surface area (Å²) in [6.07, 6.45) is 2.49. The highest BCUT2D eigenvalue weighted by atomic mass is 16.4. The molecule has 0 spiro atoms. The number of benzene rings is 1. The molecule has 1 amide bonds. The summed E-state index contributed by atoms with van der Waals surface area (Å²) in [7, 11) is 0. The molecule has 0 unspecified atom stereocenters. The SMILES string of the molecule is CCCCN(Cc1ccccc1)C(=O)/C=C(\O)C(=O)O. The van der Waals surface area contributed by atoms with Crippen LogP contribution in [0.1, 0.15) is 25.3 Å². The van der Waals surface area contributed by atoms with Crippen molar-refractivity contribution >= 4 is 11.9 Å². The van der Waals surface area contributed by atoms with Gasteiger partial charge in [-0.05, 0) is 12.0 Å². The van der Waals surface area contributed by atoms with Crippen LogP contribution in [0.25, 0.3) is 0 Å². The monoisotopic (exact) mass is 277 g/mol. The molecule has 0 fully saturated rings. The predicted octanol–water partition coefficient (Wildman–Crippen LogP) is 2.34. The van der Waals surface area contributed by atoms with Crippen molar-refractivity contribution in [2.24, 2.45) is 0 Å². The number of carbonyl (C=O) groups is 2. The molecule has 0 saturated carbocycles. The summed E-state index contributed by atoms with van der Waals surface area (Å²) in [4.78, 5) is 24.1. The number of aliphatic carboxylic acids is 1. The molecule has 0 aromatic heterocycles. The van der Waals surface area contributed by atoms with Crippen molar-refractivity contribution in [3.05, 3.63) is 47.7 Å². The van der Waals surface area contributed by atoms with Gasteiger partial charge in [-0.3, -0.25) is 4.79 Å². The molecular formula is C15H19NO4. The lowest BCUT2D eigenvalue weighted by molar-refractivity contribution is -0.136. The van der Waals surface area contributed by atoms with E-state index in [0.717, 1.165) is 24.5 Å². The molecule has 1 aromatic rings. The Balaban J connectivity index is 2.80. The minimum absolute atomic E-state index is 0.392. The number of amides is 1. The summed E-state index contributed by atoms with van der Waals surface area (Å²) < 4.78 is 0. The smallest absolute Gasteiger partial charge is 0.371 e. The Morgan fingerprint density at radius 2 is 1.85 bits per heavy atom. The van der Waals surface area contributed by atoms with E-state index in [2.05, 4.69) is 0 Å². The highest BCUT2D eigenvalue weighted by Gasteiger charge is 2.14. The molecule has 0 saturated heterocycles. The first-order valence-electron chi connectivity index (χ1n) is 6.51. The molecule has 0 aliphatic rings. The van der Waals surface area contributed by atoms with Crippen LogP contribution in [0.3, 0.4) is 0 Å². The second kappa shape index (κ2) is 7.99. The molecule has 5 nitrogen and oxygen atoms in total. The zero-order valence-corrected chi connectivity index (χ0v) is 11.5. The molecule has 1 aromatic carbocycles. The Morgan fingerprint density at radius 1 is 1.20 bits per heavy atom. The average Bonchev–Trinajstić information content (AvgIpc) is 2.44. The Morgan fingerprint density at radius 3 is 2.40 bits per heavy atom. The van der Waals surface area contributed by atoms with Crippen LogP contribution in [0.2, 0.25) is 0 Å². The number of aliphatic hydroxyl groups excluding tert-OH is 1. The van der Waals surface area contributed by atoms with E-state index in [9.17, 15) is 9.59 Å². The fourth-order valence-electron chi connectivity index (χ4n) is 1.69. The van der Waals surface area contributed by atoms with Crippen molar-refractivity contribution < 1.29 is 19.8 Å². The van der Waals surface area contributed by atoms with E-state index in [1.54, 1.807) is 0 Å². The van der Waals surface area contributed by atoms with Crippen molar-refractivity contribution in [3.8, 4) is 0 Å². The van der Waals surface area contributed by atoms with Crippen LogP contribution in [0.5, 0.6) is 0 Å². The van der Waals surface area contributed by atoms with Gasteiger partial charge in [-0.1, -0.05) is 43.7 Å². The molecule has 0 heterocycles. The quantitative estimate of drug-likeness (QED) is 0.592. The largest absolute Gasteiger partial charge is 0.502 e. The number of hydrogen-bond acceptors (Lipinski definition) is 3. The number of carbonyl (C=O) groups excluding carboxylic acids is 1. The topological polar surface area (TPSA) is 77.8 Å². The second-order valence-corrected chi connectivity index (χ2v) is 4.43. The lowest BCUT2D eigenvalue weighted by atomic mass is 10.2. The standard InChI is InChI=1S/C15H19NO4/c1-2-3-9-16(11-12-7-5-4-6-8-12)14(18)10-13(17)15(19)20/h4-8,10,17H,2-3,9,11H2,1H3,(H,19,20)/b13-10-. The third-order valence-corrected chi connectivity index (χ3v) is 2.79.